The van der Waals surface area contributed by atoms with E-state index in [1.165, 1.54) is 28.7 Å². The Balaban J connectivity index is 1.43. The van der Waals surface area contributed by atoms with Gasteiger partial charge >= 0.3 is 6.61 Å². The molecule has 7 nitrogen and oxygen atoms in total. The minimum Gasteiger partial charge on any atom is -0.434 e. The zero-order valence-corrected chi connectivity index (χ0v) is 18.4. The summed E-state index contributed by atoms with van der Waals surface area (Å²) in [5, 5.41) is 5.17. The largest absolute Gasteiger partial charge is 0.434 e. The summed E-state index contributed by atoms with van der Waals surface area (Å²) >= 11 is 2.35. The molecule has 0 spiro atoms. The maximum atomic E-state index is 12.9. The van der Waals surface area contributed by atoms with Crippen LogP contribution in [0.15, 0.2) is 34.4 Å². The molecule has 1 N–H and O–H groups in total. The van der Waals surface area contributed by atoms with Gasteiger partial charge in [0.25, 0.3) is 11.5 Å². The Morgan fingerprint density at radius 1 is 1.28 bits per heavy atom. The van der Waals surface area contributed by atoms with Crippen molar-refractivity contribution in [1.82, 2.24) is 14.5 Å². The van der Waals surface area contributed by atoms with Crippen molar-refractivity contribution in [2.75, 3.05) is 5.32 Å². The molecular formula is C21H16F2N4O3S2. The van der Waals surface area contributed by atoms with Gasteiger partial charge in [0.1, 0.15) is 16.4 Å². The van der Waals surface area contributed by atoms with Crippen LogP contribution >= 0.6 is 22.7 Å². The number of para-hydroxylation sites is 1. The maximum Gasteiger partial charge on any atom is 0.387 e. The van der Waals surface area contributed by atoms with Crippen LogP contribution in [0.5, 0.6) is 5.75 Å². The highest BCUT2D eigenvalue weighted by Crippen LogP contribution is 2.34. The minimum absolute atomic E-state index is 0.00521. The SMILES string of the molecule is Cc1c(C(=O)Nc2nc(-c3ccccc3OC(F)F)cs2)sc2nc3n(c(=O)c12)CCC3. The molecule has 32 heavy (non-hydrogen) atoms. The van der Waals surface area contributed by atoms with E-state index in [0.29, 0.717) is 43.6 Å². The quantitative estimate of drug-likeness (QED) is 0.454. The third kappa shape index (κ3) is 3.56. The van der Waals surface area contributed by atoms with Gasteiger partial charge in [0.15, 0.2) is 5.13 Å². The van der Waals surface area contributed by atoms with Gasteiger partial charge in [-0.1, -0.05) is 12.1 Å². The Bertz CT molecular complexity index is 1410. The summed E-state index contributed by atoms with van der Waals surface area (Å²) in [7, 11) is 0. The van der Waals surface area contributed by atoms with Crippen molar-refractivity contribution in [3.05, 3.63) is 56.3 Å². The van der Waals surface area contributed by atoms with Gasteiger partial charge < -0.3 is 4.74 Å². The number of hydrogen-bond donors (Lipinski definition) is 1. The van der Waals surface area contributed by atoms with Gasteiger partial charge in [-0.05, 0) is 31.0 Å². The van der Waals surface area contributed by atoms with Crippen molar-refractivity contribution in [1.29, 1.82) is 0 Å². The standard InChI is InChI=1S/C21H16F2N4O3S2/c1-10-15-18(25-14-7-4-8-27(14)19(15)29)32-16(10)17(28)26-21-24-12(9-31-21)11-5-2-3-6-13(11)30-20(22)23/h2-3,5-6,9,20H,4,7-8H2,1H3,(H,24,26,28). The van der Waals surface area contributed by atoms with Gasteiger partial charge in [0, 0.05) is 23.9 Å². The second kappa shape index (κ2) is 8.06. The molecule has 0 saturated heterocycles. The van der Waals surface area contributed by atoms with Crippen molar-refractivity contribution in [2.45, 2.75) is 32.9 Å². The van der Waals surface area contributed by atoms with Gasteiger partial charge in [-0.2, -0.15) is 8.78 Å². The molecule has 1 aliphatic heterocycles. The third-order valence-electron chi connectivity index (χ3n) is 5.22. The van der Waals surface area contributed by atoms with Gasteiger partial charge in [-0.15, -0.1) is 22.7 Å². The van der Waals surface area contributed by atoms with Crippen LogP contribution in [0.2, 0.25) is 0 Å². The number of carbonyl (C=O) groups is 1. The molecule has 11 heteroatoms. The van der Waals surface area contributed by atoms with Crippen LogP contribution in [0, 0.1) is 6.92 Å². The van der Waals surface area contributed by atoms with Gasteiger partial charge in [-0.25, -0.2) is 9.97 Å². The summed E-state index contributed by atoms with van der Waals surface area (Å²) < 4.78 is 31.6. The molecule has 0 fully saturated rings. The first-order chi connectivity index (χ1) is 15.4. The van der Waals surface area contributed by atoms with Crippen molar-refractivity contribution in [3.8, 4) is 17.0 Å². The molecule has 0 unspecified atom stereocenters. The molecule has 0 aliphatic carbocycles. The Morgan fingerprint density at radius 3 is 2.91 bits per heavy atom. The van der Waals surface area contributed by atoms with Crippen LogP contribution in [0.4, 0.5) is 13.9 Å². The van der Waals surface area contributed by atoms with E-state index in [-0.39, 0.29) is 11.3 Å². The summed E-state index contributed by atoms with van der Waals surface area (Å²) in [4.78, 5) is 35.6. The number of alkyl halides is 2. The molecule has 1 aromatic carbocycles. The maximum absolute atomic E-state index is 12.9. The van der Waals surface area contributed by atoms with E-state index in [9.17, 15) is 18.4 Å². The fourth-order valence-corrected chi connectivity index (χ4v) is 5.57. The number of hydrogen-bond acceptors (Lipinski definition) is 7. The number of thiophene rings is 1. The summed E-state index contributed by atoms with van der Waals surface area (Å²) in [5.41, 5.74) is 1.29. The predicted octanol–water partition coefficient (Wildman–Crippen LogP) is 4.69. The van der Waals surface area contributed by atoms with Crippen LogP contribution in [0.25, 0.3) is 21.5 Å². The van der Waals surface area contributed by atoms with Gasteiger partial charge in [-0.3, -0.25) is 19.5 Å². The number of aryl methyl sites for hydroxylation is 2. The first kappa shape index (κ1) is 20.7. The molecule has 0 atom stereocenters. The summed E-state index contributed by atoms with van der Waals surface area (Å²) in [6.07, 6.45) is 1.64. The molecule has 0 radical (unpaired) electrons. The third-order valence-corrected chi connectivity index (χ3v) is 7.16. The van der Waals surface area contributed by atoms with Crippen molar-refractivity contribution < 1.29 is 18.3 Å². The predicted molar refractivity (Wildman–Crippen MR) is 119 cm³/mol. The van der Waals surface area contributed by atoms with Crippen molar-refractivity contribution in [3.63, 3.8) is 0 Å². The smallest absolute Gasteiger partial charge is 0.387 e. The number of nitrogens with one attached hydrogen (secondary N) is 1. The van der Waals surface area contributed by atoms with Gasteiger partial charge in [0.05, 0.1) is 16.0 Å². The second-order valence-corrected chi connectivity index (χ2v) is 9.05. The number of amides is 1. The molecule has 0 bridgehead atoms. The van der Waals surface area contributed by atoms with Crippen LogP contribution in [0.1, 0.15) is 27.5 Å². The van der Waals surface area contributed by atoms with Crippen molar-refractivity contribution >= 4 is 43.9 Å². The first-order valence-electron chi connectivity index (χ1n) is 9.76. The molecule has 1 aliphatic rings. The molecule has 4 aromatic rings. The normalized spacial score (nSPS) is 13.0. The number of benzene rings is 1. The zero-order valence-electron chi connectivity index (χ0n) is 16.7. The number of fused-ring (bicyclic) bond motifs is 2. The topological polar surface area (TPSA) is 86.1 Å². The van der Waals surface area contributed by atoms with E-state index in [0.717, 1.165) is 18.7 Å². The number of aromatic nitrogens is 3. The number of carbonyl (C=O) groups excluding carboxylic acids is 1. The Kier molecular flexibility index (Phi) is 5.22. The van der Waals surface area contributed by atoms with Crippen molar-refractivity contribution in [2.24, 2.45) is 0 Å². The second-order valence-electron chi connectivity index (χ2n) is 7.19. The molecule has 164 valence electrons. The Hall–Kier alpha value is -3.18. The lowest BCUT2D eigenvalue weighted by atomic mass is 10.1. The van der Waals surface area contributed by atoms with E-state index >= 15 is 0 Å². The van der Waals surface area contributed by atoms with E-state index in [1.807, 2.05) is 0 Å². The van der Waals surface area contributed by atoms with E-state index in [1.54, 1.807) is 35.1 Å². The molecule has 4 heterocycles. The summed E-state index contributed by atoms with van der Waals surface area (Å²) in [5.74, 6) is 0.364. The van der Waals surface area contributed by atoms with E-state index < -0.39 is 12.5 Å². The van der Waals surface area contributed by atoms with E-state index in [4.69, 9.17) is 0 Å². The molecule has 5 rings (SSSR count). The molecule has 1 amide bonds. The fraction of sp³-hybridized carbons (Fsp3) is 0.238. The number of halogens is 2. The summed E-state index contributed by atoms with van der Waals surface area (Å²) in [6, 6.07) is 6.33. The molecule has 3 aromatic heterocycles. The monoisotopic (exact) mass is 474 g/mol. The lowest BCUT2D eigenvalue weighted by Crippen LogP contribution is -2.20. The highest BCUT2D eigenvalue weighted by Gasteiger charge is 2.24. The number of thiazole rings is 1. The van der Waals surface area contributed by atoms with Crippen LogP contribution in [-0.4, -0.2) is 27.1 Å². The first-order valence-corrected chi connectivity index (χ1v) is 11.5. The number of anilines is 1. The van der Waals surface area contributed by atoms with Crippen LogP contribution in [0.3, 0.4) is 0 Å². The number of ether oxygens (including phenoxy) is 1. The average molecular weight is 475 g/mol. The van der Waals surface area contributed by atoms with Crippen LogP contribution in [-0.2, 0) is 13.0 Å². The Morgan fingerprint density at radius 2 is 2.09 bits per heavy atom. The fourth-order valence-electron chi connectivity index (χ4n) is 3.78. The lowest BCUT2D eigenvalue weighted by molar-refractivity contribution is -0.0494. The lowest BCUT2D eigenvalue weighted by Gasteiger charge is -2.08. The highest BCUT2D eigenvalue weighted by molar-refractivity contribution is 7.21. The minimum atomic E-state index is -2.95. The highest BCUT2D eigenvalue weighted by atomic mass is 32.1. The zero-order chi connectivity index (χ0) is 22.4. The number of rotatable bonds is 5. The Labute approximate surface area is 188 Å². The molecule has 0 saturated carbocycles. The summed E-state index contributed by atoms with van der Waals surface area (Å²) in [6.45, 7) is -0.569. The number of nitrogens with zero attached hydrogens (tertiary/aromatic N) is 3. The van der Waals surface area contributed by atoms with E-state index in [2.05, 4.69) is 20.0 Å². The van der Waals surface area contributed by atoms with Gasteiger partial charge in [0.2, 0.25) is 0 Å². The average Bonchev–Trinajstić information content (AvgIpc) is 3.47. The molecular weight excluding hydrogens is 458 g/mol. The van der Waals surface area contributed by atoms with Crippen LogP contribution < -0.4 is 15.6 Å².